The van der Waals surface area contributed by atoms with E-state index in [0.29, 0.717) is 12.3 Å². The first-order valence-corrected chi connectivity index (χ1v) is 5.58. The molecule has 1 fully saturated rings. The van der Waals surface area contributed by atoms with Gasteiger partial charge in [0.1, 0.15) is 0 Å². The third kappa shape index (κ3) is 2.51. The largest absolute Gasteiger partial charge is 0.349 e. The highest BCUT2D eigenvalue weighted by Gasteiger charge is 2.24. The minimum absolute atomic E-state index is 0.147. The summed E-state index contributed by atoms with van der Waals surface area (Å²) < 4.78 is 0. The van der Waals surface area contributed by atoms with Crippen LogP contribution in [0.15, 0.2) is 24.3 Å². The summed E-state index contributed by atoms with van der Waals surface area (Å²) in [6.07, 6.45) is 1.65. The molecule has 2 rings (SSSR count). The van der Waals surface area contributed by atoms with Gasteiger partial charge in [-0.05, 0) is 30.0 Å². The molecule has 1 saturated heterocycles. The average Bonchev–Trinajstić information content (AvgIpc) is 2.17. The molecule has 0 radical (unpaired) electrons. The number of nitrogens with one attached hydrogen (secondary N) is 1. The van der Waals surface area contributed by atoms with Gasteiger partial charge in [-0.3, -0.25) is 4.79 Å². The fourth-order valence-corrected chi connectivity index (χ4v) is 2.15. The fraction of sp³-hybridized carbons (Fsp3) is 0.417. The van der Waals surface area contributed by atoms with Crippen LogP contribution < -0.4 is 5.32 Å². The maximum Gasteiger partial charge on any atom is 0.220 e. The van der Waals surface area contributed by atoms with E-state index >= 15 is 0 Å². The molecule has 1 amide bonds. The summed E-state index contributed by atoms with van der Waals surface area (Å²) in [4.78, 5) is 11.4. The number of carbonyl (C=O) groups excluding carboxylic acids is 1. The second kappa shape index (κ2) is 4.23. The van der Waals surface area contributed by atoms with Gasteiger partial charge in [-0.2, -0.15) is 0 Å². The zero-order chi connectivity index (χ0) is 10.8. The molecule has 0 bridgehead atoms. The molecule has 2 unspecified atom stereocenters. The highest BCUT2D eigenvalue weighted by Crippen LogP contribution is 2.27. The Morgan fingerprint density at radius 3 is 2.60 bits per heavy atom. The Balaban J connectivity index is 2.16. The Labute approximate surface area is 94.6 Å². The molecule has 1 aliphatic heterocycles. The summed E-state index contributed by atoms with van der Waals surface area (Å²) in [5.41, 5.74) is 1.14. The van der Waals surface area contributed by atoms with E-state index in [4.69, 9.17) is 11.6 Å². The van der Waals surface area contributed by atoms with Gasteiger partial charge in [0.05, 0.1) is 6.04 Å². The van der Waals surface area contributed by atoms with Gasteiger partial charge in [-0.1, -0.05) is 30.7 Å². The molecule has 1 aromatic carbocycles. The molecule has 0 aromatic heterocycles. The van der Waals surface area contributed by atoms with E-state index in [1.54, 1.807) is 0 Å². The Morgan fingerprint density at radius 1 is 1.33 bits per heavy atom. The van der Waals surface area contributed by atoms with Gasteiger partial charge in [0.2, 0.25) is 5.91 Å². The van der Waals surface area contributed by atoms with Crippen molar-refractivity contribution in [3.63, 3.8) is 0 Å². The summed E-state index contributed by atoms with van der Waals surface area (Å²) in [5.74, 6) is 0.605. The van der Waals surface area contributed by atoms with Crippen LogP contribution in [0.25, 0.3) is 0 Å². The van der Waals surface area contributed by atoms with Crippen LogP contribution in [-0.4, -0.2) is 5.91 Å². The van der Waals surface area contributed by atoms with Gasteiger partial charge < -0.3 is 5.32 Å². The summed E-state index contributed by atoms with van der Waals surface area (Å²) >= 11 is 5.82. The molecule has 1 aliphatic rings. The third-order valence-electron chi connectivity index (χ3n) is 2.78. The molecule has 15 heavy (non-hydrogen) atoms. The van der Waals surface area contributed by atoms with E-state index in [1.807, 2.05) is 24.3 Å². The van der Waals surface area contributed by atoms with Crippen LogP contribution in [0.5, 0.6) is 0 Å². The van der Waals surface area contributed by atoms with Gasteiger partial charge in [0.15, 0.2) is 0 Å². The number of rotatable bonds is 1. The SMILES string of the molecule is CC1CC(=O)NC(c2ccc(Cl)cc2)C1. The summed E-state index contributed by atoms with van der Waals surface area (Å²) in [7, 11) is 0. The van der Waals surface area contributed by atoms with Crippen LogP contribution >= 0.6 is 11.6 Å². The number of halogens is 1. The fourth-order valence-electron chi connectivity index (χ4n) is 2.03. The van der Waals surface area contributed by atoms with E-state index in [1.165, 1.54) is 0 Å². The first-order chi connectivity index (χ1) is 7.15. The topological polar surface area (TPSA) is 29.1 Å². The van der Waals surface area contributed by atoms with Crippen molar-refractivity contribution in [3.05, 3.63) is 34.9 Å². The van der Waals surface area contributed by atoms with Crippen molar-refractivity contribution < 1.29 is 4.79 Å². The minimum atomic E-state index is 0.147. The zero-order valence-electron chi connectivity index (χ0n) is 8.66. The minimum Gasteiger partial charge on any atom is -0.349 e. The molecule has 3 heteroatoms. The number of hydrogen-bond acceptors (Lipinski definition) is 1. The number of benzene rings is 1. The van der Waals surface area contributed by atoms with Crippen molar-refractivity contribution in [2.75, 3.05) is 0 Å². The van der Waals surface area contributed by atoms with Gasteiger partial charge in [0, 0.05) is 11.4 Å². The summed E-state index contributed by atoms with van der Waals surface area (Å²) in [5, 5.41) is 3.73. The lowest BCUT2D eigenvalue weighted by Crippen LogP contribution is -2.35. The van der Waals surface area contributed by atoms with Crippen LogP contribution in [0.2, 0.25) is 5.02 Å². The Kier molecular flexibility index (Phi) is 2.96. The Bertz CT molecular complexity index is 360. The van der Waals surface area contributed by atoms with Crippen LogP contribution in [0.1, 0.15) is 31.4 Å². The highest BCUT2D eigenvalue weighted by atomic mass is 35.5. The van der Waals surface area contributed by atoms with Crippen molar-refractivity contribution in [1.82, 2.24) is 5.32 Å². The van der Waals surface area contributed by atoms with Gasteiger partial charge >= 0.3 is 0 Å². The lowest BCUT2D eigenvalue weighted by molar-refractivity contribution is -0.124. The predicted octanol–water partition coefficient (Wildman–Crippen LogP) is 2.93. The molecule has 0 saturated carbocycles. The summed E-state index contributed by atoms with van der Waals surface area (Å²) in [6.45, 7) is 2.11. The van der Waals surface area contributed by atoms with E-state index in [9.17, 15) is 4.79 Å². The third-order valence-corrected chi connectivity index (χ3v) is 3.03. The Hall–Kier alpha value is -1.02. The molecular formula is C12H14ClNO. The molecule has 0 spiro atoms. The van der Waals surface area contributed by atoms with Crippen LogP contribution in [0.3, 0.4) is 0 Å². The van der Waals surface area contributed by atoms with Gasteiger partial charge in [0.25, 0.3) is 0 Å². The second-order valence-electron chi connectivity index (χ2n) is 4.22. The molecule has 80 valence electrons. The summed E-state index contributed by atoms with van der Waals surface area (Å²) in [6, 6.07) is 7.83. The monoisotopic (exact) mass is 223 g/mol. The van der Waals surface area contributed by atoms with Crippen molar-refractivity contribution >= 4 is 17.5 Å². The lowest BCUT2D eigenvalue weighted by Gasteiger charge is -2.28. The molecule has 1 aromatic rings. The number of amides is 1. The number of carbonyl (C=O) groups is 1. The van der Waals surface area contributed by atoms with Crippen LogP contribution in [0, 0.1) is 5.92 Å². The van der Waals surface area contributed by atoms with Crippen molar-refractivity contribution in [1.29, 1.82) is 0 Å². The molecule has 2 atom stereocenters. The van der Waals surface area contributed by atoms with Crippen molar-refractivity contribution in [2.45, 2.75) is 25.8 Å². The maximum absolute atomic E-state index is 11.4. The van der Waals surface area contributed by atoms with E-state index < -0.39 is 0 Å². The maximum atomic E-state index is 11.4. The smallest absolute Gasteiger partial charge is 0.220 e. The van der Waals surface area contributed by atoms with Crippen LogP contribution in [0.4, 0.5) is 0 Å². The van der Waals surface area contributed by atoms with Crippen molar-refractivity contribution in [2.24, 2.45) is 5.92 Å². The zero-order valence-corrected chi connectivity index (χ0v) is 9.42. The highest BCUT2D eigenvalue weighted by molar-refractivity contribution is 6.30. The number of piperidine rings is 1. The first-order valence-electron chi connectivity index (χ1n) is 5.20. The molecule has 1 heterocycles. The van der Waals surface area contributed by atoms with E-state index in [0.717, 1.165) is 17.0 Å². The Morgan fingerprint density at radius 2 is 2.00 bits per heavy atom. The molecule has 2 nitrogen and oxygen atoms in total. The molecule has 0 aliphatic carbocycles. The van der Waals surface area contributed by atoms with E-state index in [2.05, 4.69) is 12.2 Å². The predicted molar refractivity (Wildman–Crippen MR) is 60.7 cm³/mol. The van der Waals surface area contributed by atoms with E-state index in [-0.39, 0.29) is 11.9 Å². The molecule has 1 N–H and O–H groups in total. The quantitative estimate of drug-likeness (QED) is 0.779. The molecular weight excluding hydrogens is 210 g/mol. The van der Waals surface area contributed by atoms with Crippen LogP contribution in [-0.2, 0) is 4.79 Å². The van der Waals surface area contributed by atoms with Crippen molar-refractivity contribution in [3.8, 4) is 0 Å². The average molecular weight is 224 g/mol. The number of hydrogen-bond donors (Lipinski definition) is 1. The standard InChI is InChI=1S/C12H14ClNO/c1-8-6-11(14-12(15)7-8)9-2-4-10(13)5-3-9/h2-5,8,11H,6-7H2,1H3,(H,14,15). The van der Waals surface area contributed by atoms with Gasteiger partial charge in [-0.25, -0.2) is 0 Å². The first kappa shape index (κ1) is 10.5. The van der Waals surface area contributed by atoms with Gasteiger partial charge in [-0.15, -0.1) is 0 Å². The normalized spacial score (nSPS) is 26.1. The lowest BCUT2D eigenvalue weighted by atomic mass is 9.90. The second-order valence-corrected chi connectivity index (χ2v) is 4.65.